The van der Waals surface area contributed by atoms with Crippen molar-refractivity contribution in [2.24, 2.45) is 0 Å². The number of hydrogen-bond acceptors (Lipinski definition) is 1. The quantitative estimate of drug-likeness (QED) is 0.737. The molecule has 0 amide bonds. The van der Waals surface area contributed by atoms with Crippen LogP contribution in [0.3, 0.4) is 0 Å². The third kappa shape index (κ3) is 2.25. The smallest absolute Gasteiger partial charge is 0.253 e. The Morgan fingerprint density at radius 3 is 2.21 bits per heavy atom. The Balaban J connectivity index is 2.14. The van der Waals surface area contributed by atoms with Gasteiger partial charge in [-0.2, -0.15) is 0 Å². The van der Waals surface area contributed by atoms with E-state index in [0.29, 0.717) is 5.57 Å². The molecule has 1 nitrogen and oxygen atoms in total. The van der Waals surface area contributed by atoms with E-state index in [-0.39, 0.29) is 0 Å². The first kappa shape index (κ1) is 11.9. The second-order valence-electron chi connectivity index (χ2n) is 4.39. The normalized spacial score (nSPS) is 15.2. The Morgan fingerprint density at radius 1 is 0.895 bits per heavy atom. The number of rotatable bonds is 2. The highest BCUT2D eigenvalue weighted by atomic mass is 35.5. The number of fused-ring (bicyclic) bond motifs is 1. The van der Waals surface area contributed by atoms with Crippen LogP contribution in [0.1, 0.15) is 16.7 Å². The Bertz CT molecular complexity index is 696. The molecule has 1 aliphatic rings. The standard InChI is InChI=1S/C17H11ClO/c18-17(19)16-11-13(10-12-6-2-1-3-7-12)14-8-4-5-9-15(14)16/h1-11H. The molecule has 0 fully saturated rings. The van der Waals surface area contributed by atoms with Gasteiger partial charge in [0.15, 0.2) is 0 Å². The summed E-state index contributed by atoms with van der Waals surface area (Å²) in [6, 6.07) is 17.8. The maximum Gasteiger partial charge on any atom is 0.253 e. The molecule has 0 atom stereocenters. The largest absolute Gasteiger partial charge is 0.276 e. The van der Waals surface area contributed by atoms with Crippen molar-refractivity contribution in [1.82, 2.24) is 0 Å². The van der Waals surface area contributed by atoms with Crippen LogP contribution in [-0.4, -0.2) is 5.24 Å². The molecule has 0 aliphatic heterocycles. The van der Waals surface area contributed by atoms with Crippen molar-refractivity contribution in [2.75, 3.05) is 0 Å². The number of carbonyl (C=O) groups excluding carboxylic acids is 1. The molecule has 1 aliphatic carbocycles. The van der Waals surface area contributed by atoms with Gasteiger partial charge in [0.1, 0.15) is 0 Å². The fraction of sp³-hybridized carbons (Fsp3) is 0. The molecule has 0 heterocycles. The van der Waals surface area contributed by atoms with Crippen molar-refractivity contribution in [3.63, 3.8) is 0 Å². The lowest BCUT2D eigenvalue weighted by Gasteiger charge is -2.01. The first-order valence-corrected chi connectivity index (χ1v) is 6.41. The van der Waals surface area contributed by atoms with Gasteiger partial charge in [-0.3, -0.25) is 4.79 Å². The summed E-state index contributed by atoms with van der Waals surface area (Å²) in [5, 5.41) is -0.413. The Labute approximate surface area is 116 Å². The second-order valence-corrected chi connectivity index (χ2v) is 4.73. The lowest BCUT2D eigenvalue weighted by molar-refractivity contribution is -0.106. The van der Waals surface area contributed by atoms with Crippen molar-refractivity contribution in [2.45, 2.75) is 0 Å². The van der Waals surface area contributed by atoms with Crippen molar-refractivity contribution in [3.8, 4) is 0 Å². The molecule has 19 heavy (non-hydrogen) atoms. The highest BCUT2D eigenvalue weighted by Gasteiger charge is 2.21. The first-order valence-electron chi connectivity index (χ1n) is 6.04. The molecular formula is C17H11ClO. The third-order valence-corrected chi connectivity index (χ3v) is 3.37. The van der Waals surface area contributed by atoms with Crippen LogP contribution in [0.25, 0.3) is 17.2 Å². The van der Waals surface area contributed by atoms with E-state index >= 15 is 0 Å². The van der Waals surface area contributed by atoms with Crippen LogP contribution in [0.2, 0.25) is 0 Å². The molecule has 0 bridgehead atoms. The van der Waals surface area contributed by atoms with Gasteiger partial charge in [-0.1, -0.05) is 54.6 Å². The number of halogens is 1. The molecule has 2 heteroatoms. The van der Waals surface area contributed by atoms with Gasteiger partial charge in [-0.05, 0) is 46.0 Å². The molecule has 0 saturated heterocycles. The highest BCUT2D eigenvalue weighted by molar-refractivity contribution is 6.74. The van der Waals surface area contributed by atoms with E-state index in [4.69, 9.17) is 11.6 Å². The van der Waals surface area contributed by atoms with E-state index in [2.05, 4.69) is 6.08 Å². The topological polar surface area (TPSA) is 17.1 Å². The van der Waals surface area contributed by atoms with Gasteiger partial charge in [0.25, 0.3) is 5.24 Å². The molecule has 0 spiro atoms. The van der Waals surface area contributed by atoms with Crippen LogP contribution >= 0.6 is 11.6 Å². The summed E-state index contributed by atoms with van der Waals surface area (Å²) in [5.74, 6) is 0. The van der Waals surface area contributed by atoms with Gasteiger partial charge < -0.3 is 0 Å². The van der Waals surface area contributed by atoms with E-state index in [1.807, 2.05) is 60.7 Å². The van der Waals surface area contributed by atoms with E-state index < -0.39 is 5.24 Å². The van der Waals surface area contributed by atoms with Crippen molar-refractivity contribution in [3.05, 3.63) is 77.4 Å². The molecule has 2 aromatic carbocycles. The summed E-state index contributed by atoms with van der Waals surface area (Å²) < 4.78 is 0. The zero-order chi connectivity index (χ0) is 13.2. The number of carbonyl (C=O) groups is 1. The lowest BCUT2D eigenvalue weighted by Crippen LogP contribution is -1.90. The fourth-order valence-corrected chi connectivity index (χ4v) is 2.45. The molecule has 0 saturated carbocycles. The average molecular weight is 267 g/mol. The monoisotopic (exact) mass is 266 g/mol. The van der Waals surface area contributed by atoms with E-state index in [1.165, 1.54) is 0 Å². The molecule has 2 aromatic rings. The highest BCUT2D eigenvalue weighted by Crippen LogP contribution is 2.37. The summed E-state index contributed by atoms with van der Waals surface area (Å²) in [6.45, 7) is 0. The van der Waals surface area contributed by atoms with Gasteiger partial charge in [0.05, 0.1) is 0 Å². The molecular weight excluding hydrogens is 256 g/mol. The van der Waals surface area contributed by atoms with Crippen LogP contribution in [0.4, 0.5) is 0 Å². The molecule has 0 aromatic heterocycles. The van der Waals surface area contributed by atoms with Crippen molar-refractivity contribution < 1.29 is 4.79 Å². The number of benzene rings is 2. The van der Waals surface area contributed by atoms with E-state index in [1.54, 1.807) is 0 Å². The van der Waals surface area contributed by atoms with Gasteiger partial charge in [0, 0.05) is 5.57 Å². The average Bonchev–Trinajstić information content (AvgIpc) is 2.79. The second kappa shape index (κ2) is 4.87. The predicted molar refractivity (Wildman–Crippen MR) is 79.6 cm³/mol. The maximum absolute atomic E-state index is 11.5. The zero-order valence-electron chi connectivity index (χ0n) is 10.1. The van der Waals surface area contributed by atoms with Crippen LogP contribution in [0, 0.1) is 0 Å². The van der Waals surface area contributed by atoms with Crippen LogP contribution in [-0.2, 0) is 4.79 Å². The summed E-state index contributed by atoms with van der Waals surface area (Å²) in [4.78, 5) is 11.5. The van der Waals surface area contributed by atoms with Crippen molar-refractivity contribution >= 4 is 34.1 Å². The number of allylic oxidation sites excluding steroid dienone is 3. The Hall–Kier alpha value is -2.12. The molecule has 3 rings (SSSR count). The van der Waals surface area contributed by atoms with Crippen LogP contribution in [0.5, 0.6) is 0 Å². The summed E-state index contributed by atoms with van der Waals surface area (Å²) in [7, 11) is 0. The Morgan fingerprint density at radius 2 is 1.53 bits per heavy atom. The number of hydrogen-bond donors (Lipinski definition) is 0. The van der Waals surface area contributed by atoms with Gasteiger partial charge in [-0.25, -0.2) is 0 Å². The SMILES string of the molecule is O=C(Cl)C1=CC(=Cc2ccccc2)c2ccccc21. The van der Waals surface area contributed by atoms with E-state index in [0.717, 1.165) is 22.3 Å². The summed E-state index contributed by atoms with van der Waals surface area (Å²) >= 11 is 5.65. The lowest BCUT2D eigenvalue weighted by atomic mass is 10.0. The minimum Gasteiger partial charge on any atom is -0.276 e. The fourth-order valence-electron chi connectivity index (χ4n) is 2.29. The van der Waals surface area contributed by atoms with Gasteiger partial charge in [-0.15, -0.1) is 0 Å². The zero-order valence-corrected chi connectivity index (χ0v) is 10.9. The minimum atomic E-state index is -0.413. The molecule has 92 valence electrons. The Kier molecular flexibility index (Phi) is 3.06. The third-order valence-electron chi connectivity index (χ3n) is 3.16. The summed E-state index contributed by atoms with van der Waals surface area (Å²) in [5.41, 5.74) is 4.65. The molecule has 0 unspecified atom stereocenters. The van der Waals surface area contributed by atoms with Gasteiger partial charge in [0.2, 0.25) is 0 Å². The summed E-state index contributed by atoms with van der Waals surface area (Å²) in [6.07, 6.45) is 3.92. The molecule has 0 N–H and O–H groups in total. The molecule has 0 radical (unpaired) electrons. The predicted octanol–water partition coefficient (Wildman–Crippen LogP) is 4.39. The van der Waals surface area contributed by atoms with Crippen LogP contribution in [0.15, 0.2) is 60.7 Å². The van der Waals surface area contributed by atoms with E-state index in [9.17, 15) is 4.79 Å². The van der Waals surface area contributed by atoms with Gasteiger partial charge >= 0.3 is 0 Å². The first-order chi connectivity index (χ1) is 9.25. The minimum absolute atomic E-state index is 0.413. The van der Waals surface area contributed by atoms with Crippen LogP contribution < -0.4 is 0 Å². The van der Waals surface area contributed by atoms with Crippen molar-refractivity contribution in [1.29, 1.82) is 0 Å². The maximum atomic E-state index is 11.5.